The zero-order valence-electron chi connectivity index (χ0n) is 14.1. The van der Waals surface area contributed by atoms with Gasteiger partial charge in [0.1, 0.15) is 0 Å². The van der Waals surface area contributed by atoms with Gasteiger partial charge in [0.2, 0.25) is 0 Å². The molecule has 1 amide bonds. The molecule has 0 saturated heterocycles. The smallest absolute Gasteiger partial charge is 0.270 e. The van der Waals surface area contributed by atoms with Gasteiger partial charge in [-0.05, 0) is 33.4 Å². The highest BCUT2D eigenvalue weighted by atomic mass is 79.9. The van der Waals surface area contributed by atoms with Crippen molar-refractivity contribution in [3.63, 3.8) is 0 Å². The minimum Gasteiger partial charge on any atom is -0.376 e. The van der Waals surface area contributed by atoms with Crippen molar-refractivity contribution in [1.82, 2.24) is 5.43 Å². The SMILES string of the molecule is O=C(CNc1cccc2ccccc12)N/N=C\c1ccc([N+](=O)[O-])cc1Br. The molecule has 3 rings (SSSR count). The van der Waals surface area contributed by atoms with Crippen LogP contribution in [-0.2, 0) is 4.79 Å². The van der Waals surface area contributed by atoms with E-state index in [1.54, 1.807) is 6.07 Å². The monoisotopic (exact) mass is 426 g/mol. The molecule has 0 spiro atoms. The first-order valence-electron chi connectivity index (χ1n) is 8.02. The minimum absolute atomic E-state index is 0.0256. The van der Waals surface area contributed by atoms with Gasteiger partial charge in [-0.1, -0.05) is 36.4 Å². The van der Waals surface area contributed by atoms with Crippen molar-refractivity contribution in [2.75, 3.05) is 11.9 Å². The predicted octanol–water partition coefficient (Wildman–Crippen LogP) is 4.07. The molecule has 136 valence electrons. The Morgan fingerprint density at radius 3 is 2.70 bits per heavy atom. The predicted molar refractivity (Wildman–Crippen MR) is 109 cm³/mol. The van der Waals surface area contributed by atoms with Crippen molar-refractivity contribution >= 4 is 50.2 Å². The van der Waals surface area contributed by atoms with Crippen LogP contribution >= 0.6 is 15.9 Å². The Bertz CT molecular complexity index is 1030. The van der Waals surface area contributed by atoms with Gasteiger partial charge >= 0.3 is 0 Å². The second kappa shape index (κ2) is 8.41. The number of carbonyl (C=O) groups is 1. The van der Waals surface area contributed by atoms with Crippen LogP contribution in [0.4, 0.5) is 11.4 Å². The quantitative estimate of drug-likeness (QED) is 0.352. The molecular weight excluding hydrogens is 412 g/mol. The number of carbonyl (C=O) groups excluding carboxylic acids is 1. The van der Waals surface area contributed by atoms with E-state index >= 15 is 0 Å². The zero-order chi connectivity index (χ0) is 19.2. The largest absolute Gasteiger partial charge is 0.376 e. The van der Waals surface area contributed by atoms with Crippen LogP contribution in [-0.4, -0.2) is 23.6 Å². The molecule has 0 atom stereocenters. The van der Waals surface area contributed by atoms with Crippen molar-refractivity contribution in [1.29, 1.82) is 0 Å². The van der Waals surface area contributed by atoms with Gasteiger partial charge in [-0.25, -0.2) is 5.43 Å². The second-order valence-corrected chi connectivity index (χ2v) is 6.49. The van der Waals surface area contributed by atoms with Crippen LogP contribution in [0, 0.1) is 10.1 Å². The van der Waals surface area contributed by atoms with E-state index in [4.69, 9.17) is 0 Å². The van der Waals surface area contributed by atoms with Gasteiger partial charge in [-0.2, -0.15) is 5.10 Å². The minimum atomic E-state index is -0.480. The lowest BCUT2D eigenvalue weighted by Crippen LogP contribution is -2.25. The number of rotatable bonds is 6. The summed E-state index contributed by atoms with van der Waals surface area (Å²) in [5.74, 6) is -0.308. The van der Waals surface area contributed by atoms with Crippen molar-refractivity contribution in [2.24, 2.45) is 5.10 Å². The summed E-state index contributed by atoms with van der Waals surface area (Å²) in [6.45, 7) is 0.0623. The van der Waals surface area contributed by atoms with E-state index in [1.165, 1.54) is 18.3 Å². The number of anilines is 1. The number of benzene rings is 3. The number of nitro benzene ring substituents is 1. The molecule has 7 nitrogen and oxygen atoms in total. The van der Waals surface area contributed by atoms with E-state index in [2.05, 4.69) is 31.8 Å². The number of nitrogens with zero attached hydrogens (tertiary/aromatic N) is 2. The van der Waals surface area contributed by atoms with Gasteiger partial charge in [-0.15, -0.1) is 0 Å². The number of hydrogen-bond acceptors (Lipinski definition) is 5. The fraction of sp³-hybridized carbons (Fsp3) is 0.0526. The molecule has 0 aromatic heterocycles. The third-order valence-corrected chi connectivity index (χ3v) is 4.50. The van der Waals surface area contributed by atoms with Crippen LogP contribution in [0.1, 0.15) is 5.56 Å². The Morgan fingerprint density at radius 1 is 1.15 bits per heavy atom. The highest BCUT2D eigenvalue weighted by Gasteiger charge is 2.08. The summed E-state index contributed by atoms with van der Waals surface area (Å²) in [6.07, 6.45) is 1.42. The first-order valence-corrected chi connectivity index (χ1v) is 8.81. The maximum Gasteiger partial charge on any atom is 0.270 e. The Hall–Kier alpha value is -3.26. The van der Waals surface area contributed by atoms with E-state index in [9.17, 15) is 14.9 Å². The van der Waals surface area contributed by atoms with Gasteiger partial charge in [0.25, 0.3) is 11.6 Å². The lowest BCUT2D eigenvalue weighted by atomic mass is 10.1. The molecule has 0 aliphatic heterocycles. The average molecular weight is 427 g/mol. The zero-order valence-corrected chi connectivity index (χ0v) is 15.6. The van der Waals surface area contributed by atoms with Crippen LogP contribution in [0.25, 0.3) is 10.8 Å². The molecule has 0 unspecified atom stereocenters. The molecule has 0 aliphatic carbocycles. The molecule has 0 heterocycles. The number of non-ortho nitro benzene ring substituents is 1. The first-order chi connectivity index (χ1) is 13.0. The van der Waals surface area contributed by atoms with Crippen molar-refractivity contribution in [2.45, 2.75) is 0 Å². The van der Waals surface area contributed by atoms with Gasteiger partial charge < -0.3 is 5.32 Å². The van der Waals surface area contributed by atoms with Crippen LogP contribution in [0.2, 0.25) is 0 Å². The van der Waals surface area contributed by atoms with Crippen LogP contribution in [0.3, 0.4) is 0 Å². The normalized spacial score (nSPS) is 10.9. The van der Waals surface area contributed by atoms with Crippen LogP contribution in [0.5, 0.6) is 0 Å². The van der Waals surface area contributed by atoms with Gasteiger partial charge in [0, 0.05) is 33.2 Å². The maximum absolute atomic E-state index is 12.0. The molecule has 0 bridgehead atoms. The van der Waals surface area contributed by atoms with Crippen molar-refractivity contribution < 1.29 is 9.72 Å². The fourth-order valence-corrected chi connectivity index (χ4v) is 2.97. The number of amides is 1. The first kappa shape index (κ1) is 18.5. The summed E-state index contributed by atoms with van der Waals surface area (Å²) in [5.41, 5.74) is 3.88. The Morgan fingerprint density at radius 2 is 1.93 bits per heavy atom. The molecule has 3 aromatic rings. The number of nitrogens with one attached hydrogen (secondary N) is 2. The molecule has 0 radical (unpaired) electrons. The number of nitro groups is 1. The average Bonchev–Trinajstić information content (AvgIpc) is 2.67. The standard InChI is InChI=1S/C19H15BrN4O3/c20-17-10-15(24(26)27)9-8-14(17)11-22-23-19(25)12-21-18-7-3-5-13-4-1-2-6-16(13)18/h1-11,21H,12H2,(H,23,25)/b22-11-. The summed E-state index contributed by atoms with van der Waals surface area (Å²) in [7, 11) is 0. The fourth-order valence-electron chi connectivity index (χ4n) is 2.50. The van der Waals surface area contributed by atoms with E-state index in [1.807, 2.05) is 42.5 Å². The summed E-state index contributed by atoms with van der Waals surface area (Å²) in [6, 6.07) is 18.0. The van der Waals surface area contributed by atoms with E-state index in [0.29, 0.717) is 10.0 Å². The Kier molecular flexibility index (Phi) is 5.77. The number of halogens is 1. The molecule has 27 heavy (non-hydrogen) atoms. The highest BCUT2D eigenvalue weighted by Crippen LogP contribution is 2.23. The van der Waals surface area contributed by atoms with E-state index in [-0.39, 0.29) is 18.1 Å². The number of hydrogen-bond donors (Lipinski definition) is 2. The Labute approximate surface area is 163 Å². The number of fused-ring (bicyclic) bond motifs is 1. The lowest BCUT2D eigenvalue weighted by molar-refractivity contribution is -0.384. The topological polar surface area (TPSA) is 96.6 Å². The molecule has 0 fully saturated rings. The third-order valence-electron chi connectivity index (χ3n) is 3.82. The van der Waals surface area contributed by atoms with E-state index < -0.39 is 4.92 Å². The third kappa shape index (κ3) is 4.68. The highest BCUT2D eigenvalue weighted by molar-refractivity contribution is 9.10. The molecule has 0 saturated carbocycles. The van der Waals surface area contributed by atoms with Crippen LogP contribution < -0.4 is 10.7 Å². The van der Waals surface area contributed by atoms with E-state index in [0.717, 1.165) is 16.5 Å². The summed E-state index contributed by atoms with van der Waals surface area (Å²) < 4.78 is 0.517. The Balaban J connectivity index is 1.58. The summed E-state index contributed by atoms with van der Waals surface area (Å²) >= 11 is 3.25. The molecular formula is C19H15BrN4O3. The van der Waals surface area contributed by atoms with Gasteiger partial charge in [0.05, 0.1) is 17.7 Å². The molecule has 8 heteroatoms. The molecule has 3 aromatic carbocycles. The lowest BCUT2D eigenvalue weighted by Gasteiger charge is -2.08. The van der Waals surface area contributed by atoms with Gasteiger partial charge in [-0.3, -0.25) is 14.9 Å². The number of hydrazone groups is 1. The molecule has 2 N–H and O–H groups in total. The van der Waals surface area contributed by atoms with Crippen molar-refractivity contribution in [3.8, 4) is 0 Å². The maximum atomic E-state index is 12.0. The van der Waals surface area contributed by atoms with Gasteiger partial charge in [0.15, 0.2) is 0 Å². The summed E-state index contributed by atoms with van der Waals surface area (Å²) in [5, 5.41) is 19.8. The van der Waals surface area contributed by atoms with Crippen molar-refractivity contribution in [3.05, 3.63) is 80.8 Å². The second-order valence-electron chi connectivity index (χ2n) is 5.64. The molecule has 0 aliphatic rings. The summed E-state index contributed by atoms with van der Waals surface area (Å²) in [4.78, 5) is 22.2. The van der Waals surface area contributed by atoms with Crippen LogP contribution in [0.15, 0.2) is 70.2 Å².